The molecule has 4 nitrogen and oxygen atoms in total. The number of thiocarbonyl (C=S) groups is 1. The Bertz CT molecular complexity index is 886. The van der Waals surface area contributed by atoms with Crippen LogP contribution < -0.4 is 16.0 Å². The van der Waals surface area contributed by atoms with Crippen molar-refractivity contribution in [1.29, 1.82) is 0 Å². The Morgan fingerprint density at radius 3 is 2.31 bits per heavy atom. The fraction of sp³-hybridized carbons (Fsp3) is 0.200. The van der Waals surface area contributed by atoms with E-state index >= 15 is 0 Å². The summed E-state index contributed by atoms with van der Waals surface area (Å²) in [5.41, 5.74) is 5.36. The van der Waals surface area contributed by atoms with Gasteiger partial charge in [-0.3, -0.25) is 4.79 Å². The van der Waals surface area contributed by atoms with Crippen molar-refractivity contribution in [3.8, 4) is 0 Å². The van der Waals surface area contributed by atoms with Crippen LogP contribution in [-0.2, 0) is 4.79 Å². The summed E-state index contributed by atoms with van der Waals surface area (Å²) in [6.07, 6.45) is 0. The van der Waals surface area contributed by atoms with Gasteiger partial charge in [0, 0.05) is 15.9 Å². The molecule has 0 spiro atoms. The summed E-state index contributed by atoms with van der Waals surface area (Å²) in [6.45, 7) is 5.90. The number of aryl methyl sites for hydroxylation is 2. The number of carbonyl (C=O) groups excluding carboxylic acids is 1. The van der Waals surface area contributed by atoms with E-state index in [2.05, 4.69) is 37.9 Å². The predicted octanol–water partition coefficient (Wildman–Crippen LogP) is 4.50. The number of nitrogens with one attached hydrogen (secondary N) is 3. The fourth-order valence-electron chi connectivity index (χ4n) is 3.15. The summed E-state index contributed by atoms with van der Waals surface area (Å²) in [5, 5.41) is 9.80. The molecule has 2 aromatic rings. The van der Waals surface area contributed by atoms with Crippen LogP contribution in [0.25, 0.3) is 0 Å². The lowest BCUT2D eigenvalue weighted by atomic mass is 9.95. The molecule has 1 atom stereocenters. The van der Waals surface area contributed by atoms with Crippen LogP contribution in [0.4, 0.5) is 5.69 Å². The molecule has 26 heavy (non-hydrogen) atoms. The molecule has 0 radical (unpaired) electrons. The van der Waals surface area contributed by atoms with E-state index in [1.54, 1.807) is 0 Å². The third-order valence-corrected chi connectivity index (χ3v) is 4.95. The van der Waals surface area contributed by atoms with Crippen molar-refractivity contribution in [2.24, 2.45) is 0 Å². The molecule has 134 valence electrons. The number of hydrogen-bond acceptors (Lipinski definition) is 2. The van der Waals surface area contributed by atoms with Crippen molar-refractivity contribution >= 4 is 44.9 Å². The Labute approximate surface area is 167 Å². The number of rotatable bonds is 3. The van der Waals surface area contributed by atoms with Gasteiger partial charge in [-0.15, -0.1) is 0 Å². The Balaban J connectivity index is 1.95. The first-order chi connectivity index (χ1) is 12.3. The topological polar surface area (TPSA) is 53.2 Å². The first kappa shape index (κ1) is 18.6. The molecule has 6 heteroatoms. The van der Waals surface area contributed by atoms with Gasteiger partial charge in [-0.1, -0.05) is 34.1 Å². The summed E-state index contributed by atoms with van der Waals surface area (Å²) >= 11 is 8.74. The molecular weight excluding hydrogens is 410 g/mol. The van der Waals surface area contributed by atoms with Gasteiger partial charge in [0.05, 0.1) is 11.6 Å². The monoisotopic (exact) mass is 429 g/mol. The molecule has 0 aliphatic carbocycles. The molecule has 1 amide bonds. The van der Waals surface area contributed by atoms with Gasteiger partial charge in [-0.2, -0.15) is 0 Å². The lowest BCUT2D eigenvalue weighted by Crippen LogP contribution is -2.45. The predicted molar refractivity (Wildman–Crippen MR) is 113 cm³/mol. The zero-order valence-electron chi connectivity index (χ0n) is 14.8. The third-order valence-electron chi connectivity index (χ3n) is 4.20. The first-order valence-corrected chi connectivity index (χ1v) is 9.47. The van der Waals surface area contributed by atoms with E-state index in [1.807, 2.05) is 57.2 Å². The minimum Gasteiger partial charge on any atom is -0.351 e. The highest BCUT2D eigenvalue weighted by Crippen LogP contribution is 2.29. The first-order valence-electron chi connectivity index (χ1n) is 8.27. The molecule has 0 fully saturated rings. The second kappa shape index (κ2) is 7.60. The quantitative estimate of drug-likeness (QED) is 0.628. The van der Waals surface area contributed by atoms with Crippen molar-refractivity contribution in [3.05, 3.63) is 74.9 Å². The van der Waals surface area contributed by atoms with Crippen LogP contribution in [0, 0.1) is 13.8 Å². The largest absolute Gasteiger partial charge is 0.351 e. The average molecular weight is 430 g/mol. The highest BCUT2D eigenvalue weighted by Gasteiger charge is 2.29. The van der Waals surface area contributed by atoms with E-state index in [1.165, 1.54) is 0 Å². The molecule has 3 N–H and O–H groups in total. The summed E-state index contributed by atoms with van der Waals surface area (Å²) in [4.78, 5) is 13.1. The summed E-state index contributed by atoms with van der Waals surface area (Å²) < 4.78 is 0.986. The molecule has 0 aromatic heterocycles. The number of anilines is 1. The molecule has 2 aromatic carbocycles. The molecule has 3 rings (SSSR count). The smallest absolute Gasteiger partial charge is 0.255 e. The van der Waals surface area contributed by atoms with Crippen LogP contribution in [0.2, 0.25) is 0 Å². The van der Waals surface area contributed by atoms with Gasteiger partial charge < -0.3 is 16.0 Å². The average Bonchev–Trinajstić information content (AvgIpc) is 2.53. The van der Waals surface area contributed by atoms with Crippen LogP contribution in [0.1, 0.15) is 29.7 Å². The summed E-state index contributed by atoms with van der Waals surface area (Å²) in [5.74, 6) is -0.150. The van der Waals surface area contributed by atoms with Crippen LogP contribution in [0.5, 0.6) is 0 Å². The van der Waals surface area contributed by atoms with E-state index in [4.69, 9.17) is 12.2 Å². The number of carbonyl (C=O) groups is 1. The molecule has 0 saturated heterocycles. The number of benzene rings is 2. The minimum absolute atomic E-state index is 0.150. The lowest BCUT2D eigenvalue weighted by Gasteiger charge is -2.30. The fourth-order valence-corrected chi connectivity index (χ4v) is 3.68. The number of allylic oxidation sites excluding steroid dienone is 1. The van der Waals surface area contributed by atoms with Crippen LogP contribution in [0.3, 0.4) is 0 Å². The van der Waals surface area contributed by atoms with Crippen molar-refractivity contribution < 1.29 is 4.79 Å². The highest BCUT2D eigenvalue weighted by atomic mass is 79.9. The van der Waals surface area contributed by atoms with Gasteiger partial charge in [0.15, 0.2) is 5.11 Å². The maximum atomic E-state index is 13.1. The highest BCUT2D eigenvalue weighted by molar-refractivity contribution is 9.10. The van der Waals surface area contributed by atoms with Gasteiger partial charge in [-0.25, -0.2) is 0 Å². The zero-order chi connectivity index (χ0) is 18.8. The maximum absolute atomic E-state index is 13.1. The SMILES string of the molecule is CC1=C(C(=O)Nc2cc(C)cc(C)c2)[C@@H](c2ccc(Br)cc2)NC(=S)N1. The van der Waals surface area contributed by atoms with Gasteiger partial charge >= 0.3 is 0 Å². The third kappa shape index (κ3) is 4.14. The second-order valence-corrected chi connectivity index (χ2v) is 7.78. The molecule has 1 aliphatic rings. The number of amides is 1. The number of hydrogen-bond donors (Lipinski definition) is 3. The Hall–Kier alpha value is -2.18. The lowest BCUT2D eigenvalue weighted by molar-refractivity contribution is -0.113. The van der Waals surface area contributed by atoms with E-state index < -0.39 is 0 Å². The molecule has 0 saturated carbocycles. The van der Waals surface area contributed by atoms with Crippen LogP contribution in [-0.4, -0.2) is 11.0 Å². The van der Waals surface area contributed by atoms with Gasteiger partial charge in [0.2, 0.25) is 0 Å². The maximum Gasteiger partial charge on any atom is 0.255 e. The Morgan fingerprint density at radius 2 is 1.69 bits per heavy atom. The second-order valence-electron chi connectivity index (χ2n) is 6.45. The molecular formula is C20H20BrN3OS. The zero-order valence-corrected chi connectivity index (χ0v) is 17.2. The van der Waals surface area contributed by atoms with Crippen molar-refractivity contribution in [1.82, 2.24) is 10.6 Å². The van der Waals surface area contributed by atoms with Crippen molar-refractivity contribution in [3.63, 3.8) is 0 Å². The van der Waals surface area contributed by atoms with Crippen molar-refractivity contribution in [2.45, 2.75) is 26.8 Å². The van der Waals surface area contributed by atoms with Crippen LogP contribution >= 0.6 is 28.1 Å². The van der Waals surface area contributed by atoms with E-state index in [-0.39, 0.29) is 11.9 Å². The minimum atomic E-state index is -0.303. The van der Waals surface area contributed by atoms with Gasteiger partial charge in [0.25, 0.3) is 5.91 Å². The van der Waals surface area contributed by atoms with Crippen molar-refractivity contribution in [2.75, 3.05) is 5.32 Å². The molecule has 1 heterocycles. The summed E-state index contributed by atoms with van der Waals surface area (Å²) in [7, 11) is 0. The Morgan fingerprint density at radius 1 is 1.08 bits per heavy atom. The van der Waals surface area contributed by atoms with E-state index in [0.29, 0.717) is 10.7 Å². The number of halogens is 1. The molecule has 1 aliphatic heterocycles. The normalized spacial score (nSPS) is 16.8. The van der Waals surface area contributed by atoms with Gasteiger partial charge in [0.1, 0.15) is 0 Å². The van der Waals surface area contributed by atoms with Gasteiger partial charge in [-0.05, 0) is 73.9 Å². The van der Waals surface area contributed by atoms with E-state index in [0.717, 1.165) is 32.5 Å². The standard InChI is InChI=1S/C20H20BrN3OS/c1-11-8-12(2)10-16(9-11)23-19(25)17-13(3)22-20(26)24-18(17)14-4-6-15(21)7-5-14/h4-10,18H,1-3H3,(H,23,25)(H2,22,24,26)/t18-/m1/s1. The molecule has 0 unspecified atom stereocenters. The van der Waals surface area contributed by atoms with Crippen LogP contribution in [0.15, 0.2) is 58.2 Å². The molecule has 0 bridgehead atoms. The Kier molecular flexibility index (Phi) is 5.44. The van der Waals surface area contributed by atoms with E-state index in [9.17, 15) is 4.79 Å². The summed E-state index contributed by atoms with van der Waals surface area (Å²) in [6, 6.07) is 13.6.